The zero-order valence-electron chi connectivity index (χ0n) is 11.1. The quantitative estimate of drug-likeness (QED) is 0.809. The van der Waals surface area contributed by atoms with E-state index in [0.717, 1.165) is 0 Å². The lowest BCUT2D eigenvalue weighted by atomic mass is 10.2. The van der Waals surface area contributed by atoms with Gasteiger partial charge in [-0.05, 0) is 0 Å². The van der Waals surface area contributed by atoms with E-state index in [4.69, 9.17) is 10.5 Å². The number of piperazine rings is 1. The van der Waals surface area contributed by atoms with Gasteiger partial charge in [0.1, 0.15) is 6.04 Å². The zero-order chi connectivity index (χ0) is 13.8. The summed E-state index contributed by atoms with van der Waals surface area (Å²) in [6.45, 7) is 0.148. The third-order valence-corrected chi connectivity index (χ3v) is 2.75. The second-order valence-electron chi connectivity index (χ2n) is 4.28. The third-order valence-electron chi connectivity index (χ3n) is 2.75. The molecule has 0 aromatic heterocycles. The molecule has 122 valence electrons. The highest BCUT2D eigenvalue weighted by atomic mass is 35.5. The molecule has 0 spiro atoms. The van der Waals surface area contributed by atoms with Crippen molar-refractivity contribution in [3.05, 3.63) is 0 Å². The molecule has 1 atom stereocenters. The van der Waals surface area contributed by atoms with Gasteiger partial charge >= 0.3 is 6.18 Å². The number of halogens is 5. The van der Waals surface area contributed by atoms with Crippen LogP contribution in [0.4, 0.5) is 13.2 Å². The standard InChI is InChI=1S/C10H18F3N3O2.2ClH/c1-18-6-8(14)9(17)16-4-2-15(3-5-16)7-10(11,12)13;;/h8H,2-7,14H2,1H3;2*1H. The van der Waals surface area contributed by atoms with Gasteiger partial charge in [-0.3, -0.25) is 9.69 Å². The van der Waals surface area contributed by atoms with Crippen LogP contribution in [0.5, 0.6) is 0 Å². The molecule has 0 saturated carbocycles. The molecular formula is C10H20Cl2F3N3O2. The molecule has 20 heavy (non-hydrogen) atoms. The zero-order valence-corrected chi connectivity index (χ0v) is 12.7. The summed E-state index contributed by atoms with van der Waals surface area (Å²) in [6, 6.07) is -0.746. The predicted octanol–water partition coefficient (Wildman–Crippen LogP) is 0.510. The Bertz CT molecular complexity index is 287. The molecular weight excluding hydrogens is 322 g/mol. The van der Waals surface area contributed by atoms with Gasteiger partial charge in [0.15, 0.2) is 0 Å². The van der Waals surface area contributed by atoms with Crippen molar-refractivity contribution < 1.29 is 22.7 Å². The van der Waals surface area contributed by atoms with Crippen LogP contribution in [-0.2, 0) is 9.53 Å². The molecule has 0 radical (unpaired) electrons. The van der Waals surface area contributed by atoms with Crippen molar-refractivity contribution >= 4 is 30.7 Å². The molecule has 1 unspecified atom stereocenters. The van der Waals surface area contributed by atoms with E-state index in [0.29, 0.717) is 0 Å². The van der Waals surface area contributed by atoms with Crippen molar-refractivity contribution in [1.29, 1.82) is 0 Å². The van der Waals surface area contributed by atoms with E-state index in [1.807, 2.05) is 0 Å². The number of nitrogens with two attached hydrogens (primary N) is 1. The highest BCUT2D eigenvalue weighted by molar-refractivity contribution is 5.85. The first-order valence-electron chi connectivity index (χ1n) is 5.66. The summed E-state index contributed by atoms with van der Waals surface area (Å²) in [5, 5.41) is 0. The van der Waals surface area contributed by atoms with Crippen LogP contribution in [0, 0.1) is 0 Å². The number of carbonyl (C=O) groups is 1. The minimum Gasteiger partial charge on any atom is -0.383 e. The maximum absolute atomic E-state index is 12.2. The summed E-state index contributed by atoms with van der Waals surface area (Å²) in [6.07, 6.45) is -4.20. The van der Waals surface area contributed by atoms with Gasteiger partial charge in [0.25, 0.3) is 0 Å². The topological polar surface area (TPSA) is 58.8 Å². The molecule has 1 amide bonds. The Morgan fingerprint density at radius 2 is 1.75 bits per heavy atom. The fraction of sp³-hybridized carbons (Fsp3) is 0.900. The number of hydrogen-bond donors (Lipinski definition) is 1. The van der Waals surface area contributed by atoms with Crippen LogP contribution < -0.4 is 5.73 Å². The Labute approximate surface area is 128 Å². The molecule has 10 heteroatoms. The number of nitrogens with zero attached hydrogens (tertiary/aromatic N) is 2. The second-order valence-corrected chi connectivity index (χ2v) is 4.28. The van der Waals surface area contributed by atoms with Crippen molar-refractivity contribution in [3.8, 4) is 0 Å². The van der Waals surface area contributed by atoms with Crippen LogP contribution in [0.2, 0.25) is 0 Å². The highest BCUT2D eigenvalue weighted by Gasteiger charge is 2.33. The number of ether oxygens (including phenoxy) is 1. The van der Waals surface area contributed by atoms with Gasteiger partial charge in [0.05, 0.1) is 13.2 Å². The van der Waals surface area contributed by atoms with E-state index in [-0.39, 0.29) is 63.5 Å². The molecule has 2 N–H and O–H groups in total. The van der Waals surface area contributed by atoms with Crippen molar-refractivity contribution in [1.82, 2.24) is 9.80 Å². The minimum absolute atomic E-state index is 0. The first-order chi connectivity index (χ1) is 8.33. The summed E-state index contributed by atoms with van der Waals surface area (Å²) in [7, 11) is 1.44. The SMILES string of the molecule is COCC(N)C(=O)N1CCN(CC(F)(F)F)CC1.Cl.Cl. The number of amides is 1. The lowest BCUT2D eigenvalue weighted by Gasteiger charge is -2.36. The molecule has 1 heterocycles. The predicted molar refractivity (Wildman–Crippen MR) is 73.4 cm³/mol. The van der Waals surface area contributed by atoms with Crippen LogP contribution in [0.25, 0.3) is 0 Å². The average Bonchev–Trinajstić information content (AvgIpc) is 2.27. The van der Waals surface area contributed by atoms with Crippen LogP contribution in [0.15, 0.2) is 0 Å². The first-order valence-corrected chi connectivity index (χ1v) is 5.66. The summed E-state index contributed by atoms with van der Waals surface area (Å²) in [5.41, 5.74) is 5.59. The van der Waals surface area contributed by atoms with Crippen molar-refractivity contribution in [3.63, 3.8) is 0 Å². The second kappa shape index (κ2) is 9.62. The van der Waals surface area contributed by atoms with Gasteiger partial charge in [0, 0.05) is 33.3 Å². The van der Waals surface area contributed by atoms with Gasteiger partial charge in [0.2, 0.25) is 5.91 Å². The lowest BCUT2D eigenvalue weighted by molar-refractivity contribution is -0.152. The molecule has 0 aromatic rings. The number of hydrogen-bond acceptors (Lipinski definition) is 4. The normalized spacial score (nSPS) is 17.9. The van der Waals surface area contributed by atoms with Gasteiger partial charge in [-0.15, -0.1) is 24.8 Å². The number of rotatable bonds is 4. The minimum atomic E-state index is -4.20. The fourth-order valence-corrected chi connectivity index (χ4v) is 1.87. The Kier molecular flexibility index (Phi) is 10.6. The molecule has 1 aliphatic heterocycles. The number of methoxy groups -OCH3 is 1. The van der Waals surface area contributed by atoms with Crippen LogP contribution in [-0.4, -0.2) is 74.4 Å². The molecule has 1 aliphatic rings. The molecule has 5 nitrogen and oxygen atoms in total. The van der Waals surface area contributed by atoms with Crippen LogP contribution >= 0.6 is 24.8 Å². The maximum atomic E-state index is 12.2. The van der Waals surface area contributed by atoms with E-state index in [1.165, 1.54) is 16.9 Å². The Morgan fingerprint density at radius 1 is 1.25 bits per heavy atom. The van der Waals surface area contributed by atoms with Crippen molar-refractivity contribution in [2.24, 2.45) is 5.73 Å². The van der Waals surface area contributed by atoms with Crippen LogP contribution in [0.3, 0.4) is 0 Å². The van der Waals surface area contributed by atoms with Gasteiger partial charge < -0.3 is 15.4 Å². The van der Waals surface area contributed by atoms with Crippen molar-refractivity contribution in [2.45, 2.75) is 12.2 Å². The maximum Gasteiger partial charge on any atom is 0.401 e. The fourth-order valence-electron chi connectivity index (χ4n) is 1.87. The molecule has 0 bridgehead atoms. The summed E-state index contributed by atoms with van der Waals surface area (Å²) in [4.78, 5) is 14.5. The summed E-state index contributed by atoms with van der Waals surface area (Å²) in [5.74, 6) is -0.275. The number of alkyl halides is 3. The van der Waals surface area contributed by atoms with E-state index in [1.54, 1.807) is 0 Å². The van der Waals surface area contributed by atoms with Crippen molar-refractivity contribution in [2.75, 3.05) is 46.4 Å². The van der Waals surface area contributed by atoms with E-state index in [2.05, 4.69) is 0 Å². The molecule has 1 rings (SSSR count). The van der Waals surface area contributed by atoms with E-state index in [9.17, 15) is 18.0 Å². The van der Waals surface area contributed by atoms with Gasteiger partial charge in [-0.1, -0.05) is 0 Å². The molecule has 0 aromatic carbocycles. The smallest absolute Gasteiger partial charge is 0.383 e. The first kappa shape index (κ1) is 22.0. The van der Waals surface area contributed by atoms with E-state index < -0.39 is 18.8 Å². The largest absolute Gasteiger partial charge is 0.401 e. The summed E-state index contributed by atoms with van der Waals surface area (Å²) < 4.78 is 41.3. The Morgan fingerprint density at radius 3 is 2.15 bits per heavy atom. The molecule has 1 saturated heterocycles. The lowest BCUT2D eigenvalue weighted by Crippen LogP contribution is -2.55. The average molecular weight is 342 g/mol. The molecule has 1 fully saturated rings. The number of carbonyl (C=O) groups excluding carboxylic acids is 1. The monoisotopic (exact) mass is 341 g/mol. The van der Waals surface area contributed by atoms with E-state index >= 15 is 0 Å². The van der Waals surface area contributed by atoms with Crippen LogP contribution in [0.1, 0.15) is 0 Å². The Hall–Kier alpha value is -0.280. The summed E-state index contributed by atoms with van der Waals surface area (Å²) >= 11 is 0. The van der Waals surface area contributed by atoms with Gasteiger partial charge in [-0.25, -0.2) is 0 Å². The molecule has 0 aliphatic carbocycles. The Balaban J connectivity index is 0. The van der Waals surface area contributed by atoms with Gasteiger partial charge in [-0.2, -0.15) is 13.2 Å². The highest BCUT2D eigenvalue weighted by Crippen LogP contribution is 2.17. The third kappa shape index (κ3) is 7.49.